The molecule has 2 aromatic carbocycles. The van der Waals surface area contributed by atoms with Gasteiger partial charge in [0.15, 0.2) is 5.75 Å². The third kappa shape index (κ3) is 2.75. The molecule has 2 aromatic heterocycles. The maximum Gasteiger partial charge on any atom is 0.360 e. The van der Waals surface area contributed by atoms with Crippen molar-refractivity contribution in [3.05, 3.63) is 76.8 Å². The molecule has 0 spiro atoms. The Morgan fingerprint density at radius 1 is 1.11 bits per heavy atom. The average molecular weight is 361 g/mol. The van der Waals surface area contributed by atoms with E-state index in [1.807, 2.05) is 54.2 Å². The van der Waals surface area contributed by atoms with E-state index in [1.165, 1.54) is 4.68 Å². The van der Waals surface area contributed by atoms with Gasteiger partial charge >= 0.3 is 5.97 Å². The van der Waals surface area contributed by atoms with Gasteiger partial charge in [0.25, 0.3) is 5.43 Å². The van der Waals surface area contributed by atoms with Gasteiger partial charge in [-0.3, -0.25) is 4.79 Å². The lowest BCUT2D eigenvalue weighted by atomic mass is 10.0. The molecule has 4 aromatic rings. The van der Waals surface area contributed by atoms with Crippen LogP contribution >= 0.6 is 0 Å². The molecule has 0 saturated heterocycles. The number of nitrogens with zero attached hydrogens (tertiary/aromatic N) is 3. The van der Waals surface area contributed by atoms with Crippen LogP contribution in [0, 0.1) is 0 Å². The Balaban J connectivity index is 1.95. The highest BCUT2D eigenvalue weighted by Gasteiger charge is 2.17. The number of aromatic nitrogens is 3. The molecule has 134 valence electrons. The Labute approximate surface area is 153 Å². The van der Waals surface area contributed by atoms with Gasteiger partial charge in [-0.25, -0.2) is 9.48 Å². The molecule has 0 aliphatic heterocycles. The summed E-state index contributed by atoms with van der Waals surface area (Å²) in [6.45, 7) is 0. The largest absolute Gasteiger partial charge is 0.503 e. The van der Waals surface area contributed by atoms with Gasteiger partial charge in [0.05, 0.1) is 11.9 Å². The fraction of sp³-hybridized carbons (Fsp3) is 0.0500. The van der Waals surface area contributed by atoms with Crippen molar-refractivity contribution in [3.8, 4) is 22.6 Å². The molecule has 0 amide bonds. The van der Waals surface area contributed by atoms with E-state index in [4.69, 9.17) is 0 Å². The second-order valence-electron chi connectivity index (χ2n) is 6.16. The number of carboxylic acids is 1. The summed E-state index contributed by atoms with van der Waals surface area (Å²) in [5, 5.41) is 24.0. The van der Waals surface area contributed by atoms with Crippen LogP contribution in [0.5, 0.6) is 5.75 Å². The predicted octanol–water partition coefficient (Wildman–Crippen LogP) is 2.79. The molecule has 0 atom stereocenters. The van der Waals surface area contributed by atoms with Gasteiger partial charge in [0.2, 0.25) is 5.69 Å². The van der Waals surface area contributed by atoms with Crippen LogP contribution in [0.25, 0.3) is 27.7 Å². The quantitative estimate of drug-likeness (QED) is 0.585. The van der Waals surface area contributed by atoms with Crippen molar-refractivity contribution in [1.82, 2.24) is 14.3 Å². The molecule has 2 N–H and O–H groups in total. The summed E-state index contributed by atoms with van der Waals surface area (Å²) in [5.74, 6) is -2.16. The van der Waals surface area contributed by atoms with E-state index in [-0.39, 0.29) is 0 Å². The van der Waals surface area contributed by atoms with Crippen LogP contribution in [0.3, 0.4) is 0 Å². The van der Waals surface area contributed by atoms with E-state index >= 15 is 0 Å². The van der Waals surface area contributed by atoms with Gasteiger partial charge in [-0.1, -0.05) is 30.3 Å². The van der Waals surface area contributed by atoms with Gasteiger partial charge in [0, 0.05) is 24.3 Å². The number of aromatic carboxylic acids is 1. The zero-order chi connectivity index (χ0) is 19.1. The third-order valence-corrected chi connectivity index (χ3v) is 4.45. The van der Waals surface area contributed by atoms with E-state index in [1.54, 1.807) is 12.1 Å². The lowest BCUT2D eigenvalue weighted by Crippen LogP contribution is -2.21. The van der Waals surface area contributed by atoms with Crippen LogP contribution in [-0.4, -0.2) is 30.5 Å². The van der Waals surface area contributed by atoms with Gasteiger partial charge in [-0.15, -0.1) is 0 Å². The average Bonchev–Trinajstić information content (AvgIpc) is 3.04. The smallest absolute Gasteiger partial charge is 0.360 e. The molecule has 0 fully saturated rings. The van der Waals surface area contributed by atoms with Crippen molar-refractivity contribution in [3.63, 3.8) is 0 Å². The van der Waals surface area contributed by atoms with E-state index in [9.17, 15) is 19.8 Å². The molecule has 4 rings (SSSR count). The lowest BCUT2D eigenvalue weighted by Gasteiger charge is -2.13. The van der Waals surface area contributed by atoms with Crippen LogP contribution < -0.4 is 5.43 Å². The fourth-order valence-corrected chi connectivity index (χ4v) is 3.09. The summed E-state index contributed by atoms with van der Waals surface area (Å²) in [6, 6.07) is 15.2. The molecule has 0 radical (unpaired) electrons. The van der Waals surface area contributed by atoms with Gasteiger partial charge in [-0.05, 0) is 29.1 Å². The van der Waals surface area contributed by atoms with Crippen LogP contribution in [0.1, 0.15) is 10.5 Å². The van der Waals surface area contributed by atoms with E-state index in [0.29, 0.717) is 5.69 Å². The Kier molecular flexibility index (Phi) is 3.77. The summed E-state index contributed by atoms with van der Waals surface area (Å²) in [4.78, 5) is 23.1. The fourth-order valence-electron chi connectivity index (χ4n) is 3.09. The van der Waals surface area contributed by atoms with E-state index in [2.05, 4.69) is 5.10 Å². The first kappa shape index (κ1) is 16.6. The maximum atomic E-state index is 11.8. The van der Waals surface area contributed by atoms with Gasteiger partial charge < -0.3 is 14.8 Å². The number of aromatic hydroxyl groups is 1. The monoisotopic (exact) mass is 361 g/mol. The van der Waals surface area contributed by atoms with Crippen LogP contribution in [0.2, 0.25) is 0 Å². The molecule has 2 heterocycles. The molecular formula is C20H15N3O4. The van der Waals surface area contributed by atoms with Crippen LogP contribution in [-0.2, 0) is 7.05 Å². The Hall–Kier alpha value is -3.87. The van der Waals surface area contributed by atoms with Crippen molar-refractivity contribution >= 4 is 16.9 Å². The van der Waals surface area contributed by atoms with Crippen LogP contribution in [0.15, 0.2) is 65.7 Å². The van der Waals surface area contributed by atoms with Crippen LogP contribution in [0.4, 0.5) is 0 Å². The SMILES string of the molecule is Cn1ccc2ccc(-c3ccccc3-n3cc(O)c(=O)c(C(=O)O)n3)cc21. The molecule has 27 heavy (non-hydrogen) atoms. The minimum absolute atomic E-state index is 0.545. The van der Waals surface area contributed by atoms with Crippen molar-refractivity contribution in [2.45, 2.75) is 0 Å². The zero-order valence-corrected chi connectivity index (χ0v) is 14.3. The zero-order valence-electron chi connectivity index (χ0n) is 14.3. The summed E-state index contributed by atoms with van der Waals surface area (Å²) in [7, 11) is 1.96. The number of carboxylic acid groups (broad SMARTS) is 1. The summed E-state index contributed by atoms with van der Waals surface area (Å²) < 4.78 is 3.22. The Morgan fingerprint density at radius 2 is 1.89 bits per heavy atom. The molecule has 0 bridgehead atoms. The van der Waals surface area contributed by atoms with Crippen molar-refractivity contribution in [2.24, 2.45) is 7.05 Å². The minimum atomic E-state index is -1.49. The number of hydrogen-bond donors (Lipinski definition) is 2. The predicted molar refractivity (Wildman–Crippen MR) is 100 cm³/mol. The summed E-state index contributed by atoms with van der Waals surface area (Å²) >= 11 is 0. The summed E-state index contributed by atoms with van der Waals surface area (Å²) in [6.07, 6.45) is 3.09. The minimum Gasteiger partial charge on any atom is -0.503 e. The normalized spacial score (nSPS) is 11.0. The molecule has 0 unspecified atom stereocenters. The highest BCUT2D eigenvalue weighted by atomic mass is 16.4. The molecule has 0 aliphatic rings. The number of benzene rings is 2. The summed E-state index contributed by atoms with van der Waals surface area (Å²) in [5.41, 5.74) is 1.53. The van der Waals surface area contributed by atoms with Crippen molar-refractivity contribution in [2.75, 3.05) is 0 Å². The molecular weight excluding hydrogens is 346 g/mol. The molecule has 7 nitrogen and oxygen atoms in total. The first-order chi connectivity index (χ1) is 13.0. The Bertz CT molecular complexity index is 1250. The maximum absolute atomic E-state index is 11.8. The number of carbonyl (C=O) groups is 1. The number of aryl methyl sites for hydroxylation is 1. The third-order valence-electron chi connectivity index (χ3n) is 4.45. The number of rotatable bonds is 3. The van der Waals surface area contributed by atoms with Gasteiger partial charge in [-0.2, -0.15) is 5.10 Å². The standard InChI is InChI=1S/C20H15N3O4/c1-22-9-8-12-6-7-13(10-16(12)22)14-4-2-3-5-15(14)23-11-17(24)19(25)18(21-23)20(26)27/h2-11,24H,1H3,(H,26,27). The molecule has 0 saturated carbocycles. The molecule has 7 heteroatoms. The highest BCUT2D eigenvalue weighted by Crippen LogP contribution is 2.29. The second kappa shape index (κ2) is 6.14. The first-order valence-electron chi connectivity index (χ1n) is 8.17. The van der Waals surface area contributed by atoms with E-state index < -0.39 is 22.8 Å². The first-order valence-corrected chi connectivity index (χ1v) is 8.17. The van der Waals surface area contributed by atoms with Crippen molar-refractivity contribution in [1.29, 1.82) is 0 Å². The number of fused-ring (bicyclic) bond motifs is 1. The van der Waals surface area contributed by atoms with E-state index in [0.717, 1.165) is 28.2 Å². The van der Waals surface area contributed by atoms with Crippen molar-refractivity contribution < 1.29 is 15.0 Å². The highest BCUT2D eigenvalue weighted by molar-refractivity contribution is 5.87. The van der Waals surface area contributed by atoms with Gasteiger partial charge in [0.1, 0.15) is 0 Å². The lowest BCUT2D eigenvalue weighted by molar-refractivity contribution is 0.0686. The Morgan fingerprint density at radius 3 is 2.67 bits per heavy atom. The number of para-hydroxylation sites is 1. The topological polar surface area (TPSA) is 97.3 Å². The molecule has 0 aliphatic carbocycles. The number of hydrogen-bond acceptors (Lipinski definition) is 4. The second-order valence-corrected chi connectivity index (χ2v) is 6.16.